The number of ether oxygens (including phenoxy) is 1. The summed E-state index contributed by atoms with van der Waals surface area (Å²) in [5.74, 6) is 0.621. The highest BCUT2D eigenvalue weighted by molar-refractivity contribution is 6.23. The van der Waals surface area contributed by atoms with Crippen molar-refractivity contribution in [2.24, 2.45) is 23.7 Å². The van der Waals surface area contributed by atoms with Gasteiger partial charge in [-0.15, -0.1) is 0 Å². The van der Waals surface area contributed by atoms with Crippen molar-refractivity contribution in [2.75, 3.05) is 11.5 Å². The van der Waals surface area contributed by atoms with E-state index in [9.17, 15) is 9.59 Å². The van der Waals surface area contributed by atoms with Gasteiger partial charge in [-0.25, -0.2) is 4.90 Å². The van der Waals surface area contributed by atoms with Gasteiger partial charge in [-0.1, -0.05) is 24.3 Å². The number of amides is 2. The summed E-state index contributed by atoms with van der Waals surface area (Å²) in [6, 6.07) is 7.28. The van der Waals surface area contributed by atoms with E-state index < -0.39 is 0 Å². The molecule has 3 aliphatic rings. The fraction of sp³-hybridized carbons (Fsp3) is 0.412. The number of allylic oxidation sites excluding steroid dienone is 2. The van der Waals surface area contributed by atoms with Crippen LogP contribution >= 0.6 is 0 Å². The number of hydrogen-bond acceptors (Lipinski definition) is 3. The smallest absolute Gasteiger partial charge is 0.238 e. The zero-order chi connectivity index (χ0) is 14.6. The molecule has 2 bridgehead atoms. The largest absolute Gasteiger partial charge is 0.492 e. The second-order valence-electron chi connectivity index (χ2n) is 5.91. The first-order valence-electron chi connectivity index (χ1n) is 7.50. The average molecular weight is 283 g/mol. The van der Waals surface area contributed by atoms with E-state index in [4.69, 9.17) is 4.74 Å². The van der Waals surface area contributed by atoms with E-state index in [1.54, 1.807) is 12.1 Å². The average Bonchev–Trinajstić information content (AvgIpc) is 3.15. The number of fused-ring (bicyclic) bond motifs is 5. The van der Waals surface area contributed by atoms with Gasteiger partial charge in [0.05, 0.1) is 24.1 Å². The minimum atomic E-state index is -0.165. The summed E-state index contributed by atoms with van der Waals surface area (Å²) in [5, 5.41) is 0. The number of carbonyl (C=O) groups excluding carboxylic acids is 2. The van der Waals surface area contributed by atoms with Crippen molar-refractivity contribution in [3.05, 3.63) is 36.4 Å². The van der Waals surface area contributed by atoms with Crippen LogP contribution in [0, 0.1) is 23.7 Å². The molecule has 4 atom stereocenters. The van der Waals surface area contributed by atoms with Gasteiger partial charge in [-0.2, -0.15) is 0 Å². The van der Waals surface area contributed by atoms with Crippen LogP contribution < -0.4 is 9.64 Å². The van der Waals surface area contributed by atoms with Gasteiger partial charge in [0, 0.05) is 0 Å². The van der Waals surface area contributed by atoms with Crippen molar-refractivity contribution in [3.8, 4) is 5.75 Å². The zero-order valence-corrected chi connectivity index (χ0v) is 11.9. The topological polar surface area (TPSA) is 46.6 Å². The maximum atomic E-state index is 12.8. The third-order valence-corrected chi connectivity index (χ3v) is 4.88. The van der Waals surface area contributed by atoms with Crippen LogP contribution in [0.25, 0.3) is 0 Å². The Balaban J connectivity index is 1.75. The van der Waals surface area contributed by atoms with Crippen molar-refractivity contribution in [3.63, 3.8) is 0 Å². The summed E-state index contributed by atoms with van der Waals surface area (Å²) in [6.45, 7) is 2.40. The predicted octanol–water partition coefficient (Wildman–Crippen LogP) is 2.40. The molecule has 1 heterocycles. The quantitative estimate of drug-likeness (QED) is 0.632. The van der Waals surface area contributed by atoms with E-state index in [0.717, 1.165) is 6.42 Å². The molecule has 0 aromatic heterocycles. The van der Waals surface area contributed by atoms with Crippen LogP contribution in [0.15, 0.2) is 36.4 Å². The van der Waals surface area contributed by atoms with E-state index in [2.05, 4.69) is 12.2 Å². The van der Waals surface area contributed by atoms with Gasteiger partial charge in [-0.05, 0) is 37.3 Å². The Morgan fingerprint density at radius 3 is 2.33 bits per heavy atom. The molecule has 4 heteroatoms. The lowest BCUT2D eigenvalue weighted by atomic mass is 9.85. The van der Waals surface area contributed by atoms with Gasteiger partial charge in [0.15, 0.2) is 0 Å². The standard InChI is InChI=1S/C17H17NO3/c1-2-21-13-6-4-3-5-12(13)18-16(19)14-10-7-8-11(9-10)15(14)17(18)20/h3-8,10-11,14-15H,2,9H2,1H3/t10-,11-,14-,15+/m1/s1. The molecule has 2 fully saturated rings. The van der Waals surface area contributed by atoms with Gasteiger partial charge in [0.2, 0.25) is 11.8 Å². The molecule has 2 amide bonds. The van der Waals surface area contributed by atoms with Crippen LogP contribution in [0.2, 0.25) is 0 Å². The summed E-state index contributed by atoms with van der Waals surface area (Å²) in [6.07, 6.45) is 5.16. The summed E-state index contributed by atoms with van der Waals surface area (Å²) in [4.78, 5) is 26.9. The molecular formula is C17H17NO3. The van der Waals surface area contributed by atoms with E-state index in [0.29, 0.717) is 18.0 Å². The maximum absolute atomic E-state index is 12.8. The first-order valence-corrected chi connectivity index (χ1v) is 7.50. The van der Waals surface area contributed by atoms with Gasteiger partial charge in [0.25, 0.3) is 0 Å². The molecule has 1 aromatic rings. The normalized spacial score (nSPS) is 32.9. The number of hydrogen-bond donors (Lipinski definition) is 0. The molecule has 1 saturated heterocycles. The van der Waals surface area contributed by atoms with Crippen molar-refractivity contribution >= 4 is 17.5 Å². The van der Waals surface area contributed by atoms with Crippen molar-refractivity contribution in [1.82, 2.24) is 0 Å². The van der Waals surface area contributed by atoms with E-state index in [1.807, 2.05) is 19.1 Å². The van der Waals surface area contributed by atoms with Crippen LogP contribution in [0.1, 0.15) is 13.3 Å². The number of carbonyl (C=O) groups is 2. The molecule has 2 aliphatic carbocycles. The summed E-state index contributed by atoms with van der Waals surface area (Å²) in [5.41, 5.74) is 0.586. The first kappa shape index (κ1) is 12.6. The number of rotatable bonds is 3. The Kier molecular flexibility index (Phi) is 2.67. The number of imide groups is 1. The Morgan fingerprint density at radius 2 is 1.71 bits per heavy atom. The SMILES string of the molecule is CCOc1ccccc1N1C(=O)[C@@H]2[C@H](C1=O)[C@@H]1C=C[C@@H]2C1. The highest BCUT2D eigenvalue weighted by Gasteiger charge is 2.59. The number of nitrogens with zero attached hydrogens (tertiary/aromatic N) is 1. The van der Waals surface area contributed by atoms with Crippen molar-refractivity contribution in [1.29, 1.82) is 0 Å². The summed E-state index contributed by atoms with van der Waals surface area (Å²) < 4.78 is 5.58. The Hall–Kier alpha value is -2.10. The van der Waals surface area contributed by atoms with Gasteiger partial charge >= 0.3 is 0 Å². The molecule has 0 radical (unpaired) electrons. The van der Waals surface area contributed by atoms with E-state index in [-0.39, 0.29) is 35.5 Å². The molecule has 4 rings (SSSR count). The van der Waals surface area contributed by atoms with Gasteiger partial charge in [0.1, 0.15) is 5.75 Å². The Bertz CT molecular complexity index is 621. The molecule has 4 nitrogen and oxygen atoms in total. The minimum Gasteiger partial charge on any atom is -0.492 e. The van der Waals surface area contributed by atoms with Crippen molar-refractivity contribution < 1.29 is 14.3 Å². The predicted molar refractivity (Wildman–Crippen MR) is 77.8 cm³/mol. The summed E-state index contributed by atoms with van der Waals surface area (Å²) in [7, 11) is 0. The molecule has 21 heavy (non-hydrogen) atoms. The zero-order valence-electron chi connectivity index (χ0n) is 11.9. The number of benzene rings is 1. The third kappa shape index (κ3) is 1.62. The fourth-order valence-corrected chi connectivity index (χ4v) is 4.06. The van der Waals surface area contributed by atoms with Crippen LogP contribution in [0.4, 0.5) is 5.69 Å². The third-order valence-electron chi connectivity index (χ3n) is 4.88. The number of anilines is 1. The van der Waals surface area contributed by atoms with Crippen molar-refractivity contribution in [2.45, 2.75) is 13.3 Å². The molecule has 0 unspecified atom stereocenters. The molecule has 108 valence electrons. The second kappa shape index (κ2) is 4.45. The first-order chi connectivity index (χ1) is 10.2. The molecule has 0 spiro atoms. The molecule has 1 aliphatic heterocycles. The van der Waals surface area contributed by atoms with Crippen LogP contribution in [0.5, 0.6) is 5.75 Å². The molecule has 1 saturated carbocycles. The van der Waals surface area contributed by atoms with Crippen LogP contribution in [-0.2, 0) is 9.59 Å². The Morgan fingerprint density at radius 1 is 1.10 bits per heavy atom. The lowest BCUT2D eigenvalue weighted by Crippen LogP contribution is -2.33. The monoisotopic (exact) mass is 283 g/mol. The lowest BCUT2D eigenvalue weighted by molar-refractivity contribution is -0.123. The second-order valence-corrected chi connectivity index (χ2v) is 5.91. The molecule has 1 aromatic carbocycles. The maximum Gasteiger partial charge on any atom is 0.238 e. The molecular weight excluding hydrogens is 266 g/mol. The lowest BCUT2D eigenvalue weighted by Gasteiger charge is -2.20. The highest BCUT2D eigenvalue weighted by atomic mass is 16.5. The highest BCUT2D eigenvalue weighted by Crippen LogP contribution is 2.53. The number of para-hydroxylation sites is 2. The van der Waals surface area contributed by atoms with Gasteiger partial charge in [-0.3, -0.25) is 9.59 Å². The van der Waals surface area contributed by atoms with E-state index in [1.165, 1.54) is 4.90 Å². The minimum absolute atomic E-state index is 0.0611. The fourth-order valence-electron chi connectivity index (χ4n) is 4.06. The summed E-state index contributed by atoms with van der Waals surface area (Å²) >= 11 is 0. The Labute approximate surface area is 123 Å². The van der Waals surface area contributed by atoms with E-state index >= 15 is 0 Å². The van der Waals surface area contributed by atoms with Gasteiger partial charge < -0.3 is 4.74 Å². The van der Waals surface area contributed by atoms with Crippen LogP contribution in [-0.4, -0.2) is 18.4 Å². The van der Waals surface area contributed by atoms with Crippen LogP contribution in [0.3, 0.4) is 0 Å². The molecule has 0 N–H and O–H groups in total.